The van der Waals surface area contributed by atoms with E-state index in [0.29, 0.717) is 21.9 Å². The third-order valence-electron chi connectivity index (χ3n) is 4.76. The second kappa shape index (κ2) is 9.56. The molecule has 2 heterocycles. The predicted octanol–water partition coefficient (Wildman–Crippen LogP) is 3.39. The number of benzene rings is 1. The Labute approximate surface area is 188 Å². The van der Waals surface area contributed by atoms with Crippen LogP contribution in [0.3, 0.4) is 0 Å². The van der Waals surface area contributed by atoms with Gasteiger partial charge in [-0.05, 0) is 0 Å². The van der Waals surface area contributed by atoms with Gasteiger partial charge in [-0.3, -0.25) is 0 Å². The van der Waals surface area contributed by atoms with Crippen LogP contribution in [0.2, 0.25) is 0 Å². The Morgan fingerprint density at radius 1 is 1.20 bits per heavy atom. The molecule has 3 aromatic rings. The first kappa shape index (κ1) is 22.2. The topological polar surface area (TPSA) is 88.8 Å². The third kappa shape index (κ3) is 4.64. The van der Waals surface area contributed by atoms with Crippen molar-refractivity contribution in [3.63, 3.8) is 0 Å². The molecule has 150 valence electrons. The van der Waals surface area contributed by atoms with E-state index in [4.69, 9.17) is 10.6 Å². The Hall–Kier alpha value is -2.47. The quantitative estimate of drug-likeness (QED) is 0.275. The number of thiophene rings is 1. The van der Waals surface area contributed by atoms with Crippen LogP contribution >= 0.6 is 11.3 Å². The Balaban J connectivity index is 2.01. The number of hydrogen-bond acceptors (Lipinski definition) is 7. The average Bonchev–Trinajstić information content (AvgIpc) is 3.02. The molecule has 0 saturated heterocycles. The van der Waals surface area contributed by atoms with E-state index in [1.807, 2.05) is 19.9 Å². The summed E-state index contributed by atoms with van der Waals surface area (Å²) in [6.45, 7) is 4.07. The van der Waals surface area contributed by atoms with E-state index >= 15 is 0 Å². The SMILES string of the molecule is [Li][C](=O)N(c1sc(C)c(C)c1C(=O)c1ccc(OC)cc1)N(N)Cc1cccnc1. The summed E-state index contributed by atoms with van der Waals surface area (Å²) in [5, 5.41) is 3.17. The maximum atomic E-state index is 13.4. The van der Waals surface area contributed by atoms with Gasteiger partial charge >= 0.3 is 189 Å². The zero-order valence-corrected chi connectivity index (χ0v) is 18.2. The van der Waals surface area contributed by atoms with Crippen LogP contribution < -0.4 is 15.6 Å². The van der Waals surface area contributed by atoms with Crippen molar-refractivity contribution in [2.24, 2.45) is 5.84 Å². The number of nitrogens with zero attached hydrogens (tertiary/aromatic N) is 3. The van der Waals surface area contributed by atoms with E-state index in [1.54, 1.807) is 49.8 Å². The molecule has 0 atom stereocenters. The Morgan fingerprint density at radius 3 is 2.47 bits per heavy atom. The number of carbonyl (C=O) groups is 2. The molecule has 30 heavy (non-hydrogen) atoms. The minimum absolute atomic E-state index is 0.171. The van der Waals surface area contributed by atoms with E-state index < -0.39 is 0 Å². The molecule has 7 nitrogen and oxygen atoms in total. The van der Waals surface area contributed by atoms with Crippen molar-refractivity contribution in [3.8, 4) is 5.75 Å². The molecule has 0 saturated carbocycles. The average molecular weight is 416 g/mol. The van der Waals surface area contributed by atoms with Gasteiger partial charge < -0.3 is 0 Å². The number of ether oxygens (including phenoxy) is 1. The Bertz CT molecular complexity index is 1050. The van der Waals surface area contributed by atoms with Gasteiger partial charge in [0.2, 0.25) is 0 Å². The number of ketones is 1. The molecule has 1 amide bonds. The number of aromatic nitrogens is 1. The predicted molar refractivity (Wildman–Crippen MR) is 118 cm³/mol. The van der Waals surface area contributed by atoms with Crippen molar-refractivity contribution < 1.29 is 14.3 Å². The van der Waals surface area contributed by atoms with Crippen LogP contribution in [0.4, 0.5) is 9.80 Å². The van der Waals surface area contributed by atoms with E-state index in [9.17, 15) is 9.59 Å². The number of rotatable bonds is 7. The minimum atomic E-state index is -0.286. The number of pyridine rings is 1. The van der Waals surface area contributed by atoms with Crippen LogP contribution in [0.1, 0.15) is 31.9 Å². The normalized spacial score (nSPS) is 10.9. The number of anilines is 1. The summed E-state index contributed by atoms with van der Waals surface area (Å²) in [6, 6.07) is 10.6. The summed E-state index contributed by atoms with van der Waals surface area (Å²) in [5.41, 5.74) is 2.66. The molecule has 0 radical (unpaired) electrons. The summed E-state index contributed by atoms with van der Waals surface area (Å²) in [6.07, 6.45) is 3.36. The Morgan fingerprint density at radius 2 is 1.90 bits per heavy atom. The molecule has 0 fully saturated rings. The van der Waals surface area contributed by atoms with Gasteiger partial charge in [0, 0.05) is 0 Å². The molecule has 9 heteroatoms. The molecular weight excluding hydrogens is 395 g/mol. The Kier molecular flexibility index (Phi) is 7.08. The standard InChI is InChI=1S/C21H21N4O3S.Li/c1-14-15(2)29-21(19(14)20(27)17-6-8-18(28-3)9-7-17)24(13-26)25(22)12-16-5-4-10-23-11-16;/h4-11H,12,22H2,1-3H3;. The number of hydrogen-bond donors (Lipinski definition) is 1. The first-order chi connectivity index (χ1) is 14.3. The van der Waals surface area contributed by atoms with Crippen molar-refractivity contribution in [3.05, 3.63) is 75.9 Å². The molecule has 0 aliphatic carbocycles. The van der Waals surface area contributed by atoms with Crippen molar-refractivity contribution in [2.45, 2.75) is 20.4 Å². The fourth-order valence-electron chi connectivity index (χ4n) is 3.10. The van der Waals surface area contributed by atoms with E-state index in [-0.39, 0.29) is 16.9 Å². The van der Waals surface area contributed by atoms with E-state index in [2.05, 4.69) is 4.98 Å². The van der Waals surface area contributed by atoms with Crippen molar-refractivity contribution in [2.75, 3.05) is 12.1 Å². The third-order valence-corrected chi connectivity index (χ3v) is 5.94. The molecule has 2 aromatic heterocycles. The summed E-state index contributed by atoms with van der Waals surface area (Å²) in [7, 11) is 1.57. The second-order valence-electron chi connectivity index (χ2n) is 6.81. The number of aryl methyl sites for hydroxylation is 1. The number of hydrazine groups is 2. The van der Waals surface area contributed by atoms with Crippen LogP contribution in [0, 0.1) is 13.8 Å². The molecular formula is C21H21LiN4O3S. The first-order valence-corrected chi connectivity index (χ1v) is 10.2. The van der Waals surface area contributed by atoms with Crippen LogP contribution in [0.15, 0.2) is 48.8 Å². The van der Waals surface area contributed by atoms with E-state index in [0.717, 1.165) is 16.0 Å². The molecule has 0 aliphatic heterocycles. The second-order valence-corrected chi connectivity index (χ2v) is 8.01. The summed E-state index contributed by atoms with van der Waals surface area (Å²) >= 11 is 2.79. The fourth-order valence-corrected chi connectivity index (χ4v) is 4.32. The maximum absolute atomic E-state index is 13.4. The van der Waals surface area contributed by atoms with Gasteiger partial charge in [-0.15, -0.1) is 0 Å². The summed E-state index contributed by atoms with van der Waals surface area (Å²) in [4.78, 5) is 31.0. The number of amides is 1. The first-order valence-electron chi connectivity index (χ1n) is 9.34. The fraction of sp³-hybridized carbons (Fsp3) is 0.190. The number of methoxy groups -OCH3 is 1. The molecule has 0 spiro atoms. The van der Waals surface area contributed by atoms with Crippen molar-refractivity contribution in [1.29, 1.82) is 0 Å². The number of nitrogens with two attached hydrogens (primary N) is 1. The van der Waals surface area contributed by atoms with Gasteiger partial charge in [-0.25, -0.2) is 0 Å². The summed E-state index contributed by atoms with van der Waals surface area (Å²) in [5.74, 6) is 6.77. The molecule has 0 aliphatic rings. The molecule has 3 rings (SSSR count). The summed E-state index contributed by atoms with van der Waals surface area (Å²) < 4.78 is 4.89. The zero-order valence-electron chi connectivity index (χ0n) is 17.4. The van der Waals surface area contributed by atoms with Gasteiger partial charge in [0.15, 0.2) is 0 Å². The zero-order chi connectivity index (χ0) is 21.8. The van der Waals surface area contributed by atoms with Crippen LogP contribution in [-0.4, -0.2) is 45.3 Å². The number of carbonyl (C=O) groups excluding carboxylic acids is 2. The van der Waals surface area contributed by atoms with Crippen molar-refractivity contribution in [1.82, 2.24) is 10.1 Å². The molecule has 0 unspecified atom stereocenters. The van der Waals surface area contributed by atoms with Crippen LogP contribution in [0.25, 0.3) is 0 Å². The van der Waals surface area contributed by atoms with Crippen molar-refractivity contribution >= 4 is 44.4 Å². The van der Waals surface area contributed by atoms with Gasteiger partial charge in [0.05, 0.1) is 0 Å². The van der Waals surface area contributed by atoms with Gasteiger partial charge in [-0.1, -0.05) is 0 Å². The van der Waals surface area contributed by atoms with Gasteiger partial charge in [-0.2, -0.15) is 0 Å². The molecule has 0 bridgehead atoms. The molecule has 2 N–H and O–H groups in total. The molecule has 1 aromatic carbocycles. The van der Waals surface area contributed by atoms with Gasteiger partial charge in [0.1, 0.15) is 0 Å². The van der Waals surface area contributed by atoms with E-state index in [1.165, 1.54) is 39.2 Å². The van der Waals surface area contributed by atoms with Crippen LogP contribution in [-0.2, 0) is 6.54 Å². The van der Waals surface area contributed by atoms with Gasteiger partial charge in [0.25, 0.3) is 0 Å². The van der Waals surface area contributed by atoms with Crippen LogP contribution in [0.5, 0.6) is 5.75 Å². The monoisotopic (exact) mass is 416 g/mol.